The molecule has 23 heavy (non-hydrogen) atoms. The SMILES string of the molecule is O=C(NS(=O)(=O)c1ccccc1)c1csc(-c2ccccc2)n1. The smallest absolute Gasteiger partial charge is 0.266 e. The van der Waals surface area contributed by atoms with Crippen molar-refractivity contribution in [3.63, 3.8) is 0 Å². The second kappa shape index (κ2) is 6.31. The Balaban J connectivity index is 1.81. The molecule has 7 heteroatoms. The van der Waals surface area contributed by atoms with E-state index in [1.165, 1.54) is 28.8 Å². The third-order valence-corrected chi connectivity index (χ3v) is 5.28. The van der Waals surface area contributed by atoms with E-state index in [1.807, 2.05) is 35.1 Å². The zero-order valence-corrected chi connectivity index (χ0v) is 13.5. The van der Waals surface area contributed by atoms with E-state index in [2.05, 4.69) is 4.98 Å². The second-order valence-electron chi connectivity index (χ2n) is 4.65. The van der Waals surface area contributed by atoms with Crippen molar-refractivity contribution in [2.75, 3.05) is 0 Å². The lowest BCUT2D eigenvalue weighted by Gasteiger charge is -2.04. The Morgan fingerprint density at radius 3 is 2.22 bits per heavy atom. The standard InChI is InChI=1S/C16H12N2O3S2/c19-15(18-23(20,21)13-9-5-2-6-10-13)14-11-22-16(17-14)12-7-3-1-4-8-12/h1-11H,(H,18,19). The summed E-state index contributed by atoms with van der Waals surface area (Å²) in [6, 6.07) is 17.1. The molecular weight excluding hydrogens is 332 g/mol. The maximum atomic E-state index is 12.1. The molecule has 0 atom stereocenters. The molecule has 0 unspecified atom stereocenters. The molecule has 0 saturated heterocycles. The fourth-order valence-electron chi connectivity index (χ4n) is 1.92. The van der Waals surface area contributed by atoms with Gasteiger partial charge in [0.2, 0.25) is 0 Å². The van der Waals surface area contributed by atoms with Crippen molar-refractivity contribution >= 4 is 27.3 Å². The Kier molecular flexibility index (Phi) is 4.22. The highest BCUT2D eigenvalue weighted by Crippen LogP contribution is 2.23. The number of hydrogen-bond acceptors (Lipinski definition) is 5. The minimum Gasteiger partial charge on any atom is -0.266 e. The van der Waals surface area contributed by atoms with Crippen LogP contribution in [-0.4, -0.2) is 19.3 Å². The van der Waals surface area contributed by atoms with Gasteiger partial charge in [-0.1, -0.05) is 48.5 Å². The number of aromatic nitrogens is 1. The predicted octanol–water partition coefficient (Wildman–Crippen LogP) is 2.93. The monoisotopic (exact) mass is 344 g/mol. The molecule has 0 aliphatic rings. The fraction of sp³-hybridized carbons (Fsp3) is 0. The Labute approximate surface area is 137 Å². The molecule has 0 radical (unpaired) electrons. The number of carbonyl (C=O) groups excluding carboxylic acids is 1. The van der Waals surface area contributed by atoms with Crippen LogP contribution in [0.25, 0.3) is 10.6 Å². The molecule has 1 N–H and O–H groups in total. The molecule has 1 aromatic heterocycles. The van der Waals surface area contributed by atoms with Crippen LogP contribution in [0.5, 0.6) is 0 Å². The van der Waals surface area contributed by atoms with Gasteiger partial charge in [0.15, 0.2) is 0 Å². The van der Waals surface area contributed by atoms with Gasteiger partial charge in [-0.25, -0.2) is 18.1 Å². The van der Waals surface area contributed by atoms with E-state index in [9.17, 15) is 13.2 Å². The minimum atomic E-state index is -3.90. The molecule has 2 aromatic carbocycles. The first kappa shape index (κ1) is 15.4. The van der Waals surface area contributed by atoms with Crippen molar-refractivity contribution in [3.05, 3.63) is 71.7 Å². The Morgan fingerprint density at radius 1 is 0.957 bits per heavy atom. The number of thiazole rings is 1. The maximum absolute atomic E-state index is 12.1. The van der Waals surface area contributed by atoms with Crippen molar-refractivity contribution in [2.45, 2.75) is 4.90 Å². The minimum absolute atomic E-state index is 0.0341. The molecule has 3 rings (SSSR count). The van der Waals surface area contributed by atoms with Gasteiger partial charge in [0, 0.05) is 10.9 Å². The average Bonchev–Trinajstić information content (AvgIpc) is 3.06. The summed E-state index contributed by atoms with van der Waals surface area (Å²) in [5.41, 5.74) is 0.954. The predicted molar refractivity (Wildman–Crippen MR) is 88.6 cm³/mol. The van der Waals surface area contributed by atoms with Crippen molar-refractivity contribution in [2.24, 2.45) is 0 Å². The summed E-state index contributed by atoms with van der Waals surface area (Å²) in [6.07, 6.45) is 0. The molecule has 0 saturated carbocycles. The van der Waals surface area contributed by atoms with Gasteiger partial charge in [-0.15, -0.1) is 11.3 Å². The largest absolute Gasteiger partial charge is 0.284 e. The third kappa shape index (κ3) is 3.46. The van der Waals surface area contributed by atoms with E-state index >= 15 is 0 Å². The van der Waals surface area contributed by atoms with E-state index < -0.39 is 15.9 Å². The van der Waals surface area contributed by atoms with Crippen LogP contribution in [0.15, 0.2) is 70.9 Å². The maximum Gasteiger partial charge on any atom is 0.284 e. The van der Waals surface area contributed by atoms with Crippen LogP contribution in [0, 0.1) is 0 Å². The van der Waals surface area contributed by atoms with Gasteiger partial charge in [-0.2, -0.15) is 0 Å². The number of rotatable bonds is 4. The lowest BCUT2D eigenvalue weighted by atomic mass is 10.2. The van der Waals surface area contributed by atoms with Crippen LogP contribution >= 0.6 is 11.3 Å². The first-order chi connectivity index (χ1) is 11.1. The average molecular weight is 344 g/mol. The summed E-state index contributed by atoms with van der Waals surface area (Å²) in [5.74, 6) is -0.743. The Hall–Kier alpha value is -2.51. The highest BCUT2D eigenvalue weighted by molar-refractivity contribution is 7.90. The van der Waals surface area contributed by atoms with Crippen molar-refractivity contribution in [3.8, 4) is 10.6 Å². The molecule has 5 nitrogen and oxygen atoms in total. The first-order valence-corrected chi connectivity index (χ1v) is 9.06. The molecule has 0 aliphatic carbocycles. The van der Waals surface area contributed by atoms with E-state index in [-0.39, 0.29) is 10.6 Å². The zero-order valence-electron chi connectivity index (χ0n) is 11.8. The summed E-state index contributed by atoms with van der Waals surface area (Å²) < 4.78 is 26.3. The number of sulfonamides is 1. The van der Waals surface area contributed by atoms with Gasteiger partial charge < -0.3 is 0 Å². The van der Waals surface area contributed by atoms with E-state index in [4.69, 9.17) is 0 Å². The van der Waals surface area contributed by atoms with Crippen molar-refractivity contribution in [1.29, 1.82) is 0 Å². The highest BCUT2D eigenvalue weighted by atomic mass is 32.2. The molecule has 116 valence electrons. The van der Waals surface area contributed by atoms with Crippen LogP contribution < -0.4 is 4.72 Å². The summed E-state index contributed by atoms with van der Waals surface area (Å²) in [6.45, 7) is 0. The lowest BCUT2D eigenvalue weighted by molar-refractivity contribution is 0.0977. The van der Waals surface area contributed by atoms with Gasteiger partial charge in [0.05, 0.1) is 4.90 Å². The number of nitrogens with one attached hydrogen (secondary N) is 1. The lowest BCUT2D eigenvalue weighted by Crippen LogP contribution is -2.30. The normalized spacial score (nSPS) is 11.1. The summed E-state index contributed by atoms with van der Waals surface area (Å²) in [4.78, 5) is 16.4. The van der Waals surface area contributed by atoms with Crippen LogP contribution in [0.3, 0.4) is 0 Å². The molecule has 0 aliphatic heterocycles. The number of benzene rings is 2. The molecule has 0 spiro atoms. The topological polar surface area (TPSA) is 76.1 Å². The van der Waals surface area contributed by atoms with Gasteiger partial charge in [0.25, 0.3) is 15.9 Å². The number of amides is 1. The summed E-state index contributed by atoms with van der Waals surface area (Å²) >= 11 is 1.29. The van der Waals surface area contributed by atoms with E-state index in [0.29, 0.717) is 5.01 Å². The van der Waals surface area contributed by atoms with Crippen LogP contribution in [0.1, 0.15) is 10.5 Å². The van der Waals surface area contributed by atoms with Crippen molar-refractivity contribution in [1.82, 2.24) is 9.71 Å². The number of hydrogen-bond donors (Lipinski definition) is 1. The molecule has 1 amide bonds. The Bertz CT molecular complexity index is 920. The first-order valence-electron chi connectivity index (χ1n) is 6.69. The van der Waals surface area contributed by atoms with E-state index in [0.717, 1.165) is 5.56 Å². The molecular formula is C16H12N2O3S2. The second-order valence-corrected chi connectivity index (χ2v) is 7.19. The zero-order chi connectivity index (χ0) is 16.3. The van der Waals surface area contributed by atoms with Gasteiger partial charge in [0.1, 0.15) is 10.7 Å². The van der Waals surface area contributed by atoms with E-state index in [1.54, 1.807) is 18.2 Å². The Morgan fingerprint density at radius 2 is 1.57 bits per heavy atom. The quantitative estimate of drug-likeness (QED) is 0.789. The van der Waals surface area contributed by atoms with Crippen LogP contribution in [-0.2, 0) is 10.0 Å². The van der Waals surface area contributed by atoms with Crippen LogP contribution in [0.2, 0.25) is 0 Å². The van der Waals surface area contributed by atoms with Gasteiger partial charge >= 0.3 is 0 Å². The molecule has 0 fully saturated rings. The molecule has 1 heterocycles. The molecule has 3 aromatic rings. The van der Waals surface area contributed by atoms with Crippen molar-refractivity contribution < 1.29 is 13.2 Å². The van der Waals surface area contributed by atoms with Crippen LogP contribution in [0.4, 0.5) is 0 Å². The summed E-state index contributed by atoms with van der Waals surface area (Å²) in [5, 5.41) is 2.20. The van der Waals surface area contributed by atoms with Gasteiger partial charge in [-0.05, 0) is 12.1 Å². The number of nitrogens with zero attached hydrogens (tertiary/aromatic N) is 1. The number of carbonyl (C=O) groups is 1. The summed E-state index contributed by atoms with van der Waals surface area (Å²) in [7, 11) is -3.90. The fourth-order valence-corrected chi connectivity index (χ4v) is 3.71. The van der Waals surface area contributed by atoms with Gasteiger partial charge in [-0.3, -0.25) is 4.79 Å². The molecule has 0 bridgehead atoms. The third-order valence-electron chi connectivity index (χ3n) is 3.04. The highest BCUT2D eigenvalue weighted by Gasteiger charge is 2.20.